The van der Waals surface area contributed by atoms with Crippen LogP contribution in [0.25, 0.3) is 0 Å². The van der Waals surface area contributed by atoms with Gasteiger partial charge in [0.05, 0.1) is 25.3 Å². The van der Waals surface area contributed by atoms with E-state index in [1.54, 1.807) is 0 Å². The van der Waals surface area contributed by atoms with Gasteiger partial charge >= 0.3 is 0 Å². The first kappa shape index (κ1) is 18.1. The number of ether oxygens (including phenoxy) is 2. The van der Waals surface area contributed by atoms with Crippen molar-refractivity contribution < 1.29 is 19.1 Å². The first-order valence-corrected chi connectivity index (χ1v) is 8.90. The molecule has 8 heteroatoms. The summed E-state index contributed by atoms with van der Waals surface area (Å²) < 4.78 is 9.22. The number of Topliss-reactive ketones (excluding diaryl/α,β-unsaturated/α-hetero) is 2. The molecule has 0 saturated heterocycles. The quantitative estimate of drug-likeness (QED) is 0.401. The highest BCUT2D eigenvalue weighted by atomic mass is 79.9. The van der Waals surface area contributed by atoms with E-state index in [1.807, 2.05) is 0 Å². The zero-order valence-corrected chi connectivity index (χ0v) is 16.8. The van der Waals surface area contributed by atoms with Crippen LogP contribution in [0.15, 0.2) is 12.1 Å². The van der Waals surface area contributed by atoms with Gasteiger partial charge in [0.15, 0.2) is 11.6 Å². The van der Waals surface area contributed by atoms with Gasteiger partial charge in [0, 0.05) is 6.07 Å². The van der Waals surface area contributed by atoms with E-state index < -0.39 is 7.47 Å². The Labute approximate surface area is 150 Å². The Morgan fingerprint density at radius 1 is 0.850 bits per heavy atom. The first-order chi connectivity index (χ1) is 9.33. The molecule has 20 heavy (non-hydrogen) atoms. The maximum Gasteiger partial charge on any atom is 0.190 e. The molecule has 1 aromatic carbocycles. The Bertz CT molecular complexity index is 485. The summed E-state index contributed by atoms with van der Waals surface area (Å²) in [4.78, 5) is 24.2. The van der Waals surface area contributed by atoms with Gasteiger partial charge in [-0.1, -0.05) is 63.7 Å². The SMILES string of the molecule is COc1cc(OC)c(C(=O)C(Br)Br)cc1C(=O)C(Br)Br. The largest absolute Gasteiger partial charge is 0.496 e. The predicted molar refractivity (Wildman–Crippen MR) is 91.5 cm³/mol. The van der Waals surface area contributed by atoms with Crippen LogP contribution >= 0.6 is 63.7 Å². The number of benzene rings is 1. The number of rotatable bonds is 6. The minimum atomic E-state index is -0.566. The lowest BCUT2D eigenvalue weighted by Gasteiger charge is -2.14. The van der Waals surface area contributed by atoms with Gasteiger partial charge in [-0.15, -0.1) is 0 Å². The van der Waals surface area contributed by atoms with E-state index >= 15 is 0 Å². The molecule has 1 rings (SSSR count). The van der Waals surface area contributed by atoms with Gasteiger partial charge in [-0.2, -0.15) is 0 Å². The van der Waals surface area contributed by atoms with Gasteiger partial charge in [0.2, 0.25) is 0 Å². The molecule has 0 unspecified atom stereocenters. The highest BCUT2D eigenvalue weighted by Crippen LogP contribution is 2.33. The Balaban J connectivity index is 3.49. The lowest BCUT2D eigenvalue weighted by molar-refractivity contribution is 0.101. The standard InChI is InChI=1S/C12H10Br4O4/c1-19-7-4-8(20-2)6(10(18)12(15)16)3-5(7)9(17)11(13)14/h3-4,11-12H,1-2H3. The fraction of sp³-hybridized carbons (Fsp3) is 0.333. The van der Waals surface area contributed by atoms with Crippen LogP contribution in [0.4, 0.5) is 0 Å². The topological polar surface area (TPSA) is 52.6 Å². The van der Waals surface area contributed by atoms with Crippen LogP contribution in [0.2, 0.25) is 0 Å². The van der Waals surface area contributed by atoms with Crippen LogP contribution in [-0.4, -0.2) is 33.3 Å². The summed E-state index contributed by atoms with van der Waals surface area (Å²) in [5.74, 6) is 0.180. The molecule has 0 bridgehead atoms. The zero-order chi connectivity index (χ0) is 15.4. The molecule has 0 aliphatic carbocycles. The summed E-state index contributed by atoms with van der Waals surface area (Å²) >= 11 is 12.6. The second-order valence-electron chi connectivity index (χ2n) is 3.58. The number of methoxy groups -OCH3 is 2. The molecule has 0 spiro atoms. The molecule has 0 aliphatic heterocycles. The van der Waals surface area contributed by atoms with E-state index in [2.05, 4.69) is 63.7 Å². The van der Waals surface area contributed by atoms with Crippen LogP contribution in [0.3, 0.4) is 0 Å². The van der Waals surface area contributed by atoms with E-state index in [9.17, 15) is 9.59 Å². The summed E-state index contributed by atoms with van der Waals surface area (Å²) in [6.45, 7) is 0. The summed E-state index contributed by atoms with van der Waals surface area (Å²) in [7, 11) is 2.89. The summed E-state index contributed by atoms with van der Waals surface area (Å²) in [6, 6.07) is 2.98. The predicted octanol–water partition coefficient (Wildman–Crippen LogP) is 4.30. The number of carbonyl (C=O) groups excluding carboxylic acids is 2. The molecule has 0 atom stereocenters. The number of hydrogen-bond acceptors (Lipinski definition) is 4. The summed E-state index contributed by atoms with van der Waals surface area (Å²) in [6.07, 6.45) is 0. The van der Waals surface area contributed by atoms with Crippen molar-refractivity contribution in [3.63, 3.8) is 0 Å². The van der Waals surface area contributed by atoms with Crippen molar-refractivity contribution >= 4 is 75.3 Å². The number of hydrogen-bond donors (Lipinski definition) is 0. The number of alkyl halides is 4. The third kappa shape index (κ3) is 4.05. The molecular formula is C12H10Br4O4. The molecule has 1 aromatic rings. The van der Waals surface area contributed by atoms with E-state index in [1.165, 1.54) is 26.4 Å². The van der Waals surface area contributed by atoms with Gasteiger partial charge in [-0.25, -0.2) is 0 Å². The van der Waals surface area contributed by atoms with Crippen molar-refractivity contribution in [2.75, 3.05) is 14.2 Å². The van der Waals surface area contributed by atoms with Crippen molar-refractivity contribution in [2.45, 2.75) is 7.47 Å². The minimum absolute atomic E-state index is 0.251. The highest BCUT2D eigenvalue weighted by Gasteiger charge is 2.25. The minimum Gasteiger partial charge on any atom is -0.496 e. The fourth-order valence-corrected chi connectivity index (χ4v) is 2.51. The average Bonchev–Trinajstić information content (AvgIpc) is 2.43. The first-order valence-electron chi connectivity index (χ1n) is 5.24. The maximum absolute atomic E-state index is 12.1. The Morgan fingerprint density at radius 2 is 1.20 bits per heavy atom. The zero-order valence-electron chi connectivity index (χ0n) is 10.5. The summed E-state index contributed by atoms with van der Waals surface area (Å²) in [5.41, 5.74) is 0.576. The normalized spacial score (nSPS) is 10.8. The van der Waals surface area contributed by atoms with E-state index in [0.717, 1.165) is 0 Å². The molecule has 0 amide bonds. The molecule has 0 heterocycles. The van der Waals surface area contributed by atoms with Gasteiger partial charge in [-0.05, 0) is 6.07 Å². The maximum atomic E-state index is 12.1. The monoisotopic (exact) mass is 534 g/mol. The van der Waals surface area contributed by atoms with Crippen molar-refractivity contribution in [1.29, 1.82) is 0 Å². The number of carbonyl (C=O) groups is 2. The molecule has 0 radical (unpaired) electrons. The molecular weight excluding hydrogens is 528 g/mol. The smallest absolute Gasteiger partial charge is 0.190 e. The molecule has 0 fully saturated rings. The molecule has 0 N–H and O–H groups in total. The van der Waals surface area contributed by atoms with Gasteiger partial charge in [-0.3, -0.25) is 9.59 Å². The Hall–Kier alpha value is 0.0800. The molecule has 0 saturated carbocycles. The van der Waals surface area contributed by atoms with Crippen LogP contribution in [0.1, 0.15) is 20.7 Å². The number of ketones is 2. The fourth-order valence-electron chi connectivity index (χ4n) is 1.52. The van der Waals surface area contributed by atoms with Gasteiger partial charge in [0.25, 0.3) is 0 Å². The molecule has 0 aliphatic rings. The van der Waals surface area contributed by atoms with Crippen LogP contribution in [0.5, 0.6) is 11.5 Å². The second kappa shape index (κ2) is 7.91. The van der Waals surface area contributed by atoms with Gasteiger partial charge in [0.1, 0.15) is 19.0 Å². The lowest BCUT2D eigenvalue weighted by atomic mass is 10.0. The third-order valence-electron chi connectivity index (χ3n) is 2.45. The van der Waals surface area contributed by atoms with Crippen molar-refractivity contribution in [3.05, 3.63) is 23.3 Å². The second-order valence-corrected chi connectivity index (χ2v) is 9.70. The third-order valence-corrected chi connectivity index (χ3v) is 4.11. The highest BCUT2D eigenvalue weighted by molar-refractivity contribution is 9.25. The van der Waals surface area contributed by atoms with Crippen molar-refractivity contribution in [1.82, 2.24) is 0 Å². The molecule has 110 valence electrons. The lowest BCUT2D eigenvalue weighted by Crippen LogP contribution is -2.14. The molecule has 4 nitrogen and oxygen atoms in total. The van der Waals surface area contributed by atoms with Crippen LogP contribution < -0.4 is 9.47 Å². The Morgan fingerprint density at radius 3 is 1.45 bits per heavy atom. The van der Waals surface area contributed by atoms with Crippen molar-refractivity contribution in [3.8, 4) is 11.5 Å². The van der Waals surface area contributed by atoms with Crippen LogP contribution in [-0.2, 0) is 0 Å². The van der Waals surface area contributed by atoms with Gasteiger partial charge < -0.3 is 9.47 Å². The van der Waals surface area contributed by atoms with E-state index in [-0.39, 0.29) is 22.7 Å². The van der Waals surface area contributed by atoms with E-state index in [0.29, 0.717) is 11.5 Å². The summed E-state index contributed by atoms with van der Waals surface area (Å²) in [5, 5.41) is 0. The van der Waals surface area contributed by atoms with Crippen LogP contribution in [0, 0.1) is 0 Å². The number of halogens is 4. The van der Waals surface area contributed by atoms with Crippen molar-refractivity contribution in [2.24, 2.45) is 0 Å². The average molecular weight is 538 g/mol. The molecule has 0 aromatic heterocycles. The Kier molecular flexibility index (Phi) is 7.17. The van der Waals surface area contributed by atoms with E-state index in [4.69, 9.17) is 9.47 Å².